The fourth-order valence-corrected chi connectivity index (χ4v) is 4.12. The lowest BCUT2D eigenvalue weighted by Gasteiger charge is -2.34. The lowest BCUT2D eigenvalue weighted by atomic mass is 9.83. The van der Waals surface area contributed by atoms with Gasteiger partial charge in [-0.3, -0.25) is 14.4 Å². The molecule has 0 radical (unpaired) electrons. The van der Waals surface area contributed by atoms with E-state index in [1.54, 1.807) is 6.92 Å². The van der Waals surface area contributed by atoms with Gasteiger partial charge in [-0.1, -0.05) is 0 Å². The van der Waals surface area contributed by atoms with E-state index in [1.165, 1.54) is 11.8 Å². The average molecular weight is 574 g/mol. The number of amides is 2. The predicted molar refractivity (Wildman–Crippen MR) is 137 cm³/mol. The second kappa shape index (κ2) is 19.6. The van der Waals surface area contributed by atoms with Gasteiger partial charge in [-0.15, -0.1) is 23.5 Å². The number of carbonyl (C=O) groups excluding carboxylic acids is 3. The van der Waals surface area contributed by atoms with E-state index in [0.717, 1.165) is 11.8 Å². The number of carbonyl (C=O) groups is 4. The Labute approximate surface area is 224 Å². The summed E-state index contributed by atoms with van der Waals surface area (Å²) in [5.41, 5.74) is 1.55. The van der Waals surface area contributed by atoms with Crippen molar-refractivity contribution in [2.24, 2.45) is 5.73 Å². The largest absolute Gasteiger partial charge is 0.479 e. The van der Waals surface area contributed by atoms with Crippen molar-refractivity contribution < 1.29 is 54.2 Å². The van der Waals surface area contributed by atoms with Crippen LogP contribution in [0.4, 0.5) is 0 Å². The van der Waals surface area contributed by atoms with Crippen LogP contribution in [0.25, 0.3) is 0 Å². The van der Waals surface area contributed by atoms with Crippen molar-refractivity contribution in [1.29, 1.82) is 0 Å². The van der Waals surface area contributed by atoms with Crippen molar-refractivity contribution >= 4 is 47.1 Å². The van der Waals surface area contributed by atoms with E-state index in [1.807, 2.05) is 6.92 Å². The number of carboxylic acids is 1. The molecular formula is C21H39N3O11S2. The highest BCUT2D eigenvalue weighted by molar-refractivity contribution is 8.00. The summed E-state index contributed by atoms with van der Waals surface area (Å²) in [7, 11) is 0. The van der Waals surface area contributed by atoms with Crippen molar-refractivity contribution in [1.82, 2.24) is 10.6 Å². The molecule has 16 heteroatoms. The number of hydrogen-bond donors (Lipinski definition) is 8. The molecule has 0 spiro atoms. The average Bonchev–Trinajstić information content (AvgIpc) is 2.88. The number of nitrogens with two attached hydrogens (primary N) is 1. The van der Waals surface area contributed by atoms with Crippen molar-refractivity contribution in [3.63, 3.8) is 0 Å². The summed E-state index contributed by atoms with van der Waals surface area (Å²) in [5.74, 6) is -4.32. The number of carboxylic acid groups (broad SMARTS) is 1. The Morgan fingerprint density at radius 2 is 1.46 bits per heavy atom. The van der Waals surface area contributed by atoms with E-state index in [9.17, 15) is 44.7 Å². The van der Waals surface area contributed by atoms with Gasteiger partial charge in [0.15, 0.2) is 0 Å². The molecule has 0 aliphatic carbocycles. The highest BCUT2D eigenvalue weighted by atomic mass is 32.2. The van der Waals surface area contributed by atoms with Crippen LogP contribution >= 0.6 is 23.5 Å². The van der Waals surface area contributed by atoms with Gasteiger partial charge in [-0.2, -0.15) is 0 Å². The zero-order chi connectivity index (χ0) is 28.4. The molecule has 2 amide bonds. The third kappa shape index (κ3) is 12.7. The minimum Gasteiger partial charge on any atom is -0.479 e. The molecule has 14 nitrogen and oxygen atoms in total. The summed E-state index contributed by atoms with van der Waals surface area (Å²) in [6.45, 7) is 4.22. The third-order valence-electron chi connectivity index (χ3n) is 4.86. The number of ether oxygens (including phenoxy) is 2. The van der Waals surface area contributed by atoms with Gasteiger partial charge in [0.2, 0.25) is 17.6 Å². The fourth-order valence-electron chi connectivity index (χ4n) is 2.81. The lowest BCUT2D eigenvalue weighted by Crippen LogP contribution is -2.67. The first-order valence-electron chi connectivity index (χ1n) is 11.6. The molecule has 0 bridgehead atoms. The Kier molecular flexibility index (Phi) is 18.8. The van der Waals surface area contributed by atoms with Crippen molar-refractivity contribution in [3.05, 3.63) is 0 Å². The number of nitrogens with one attached hydrogen (secondary N) is 2. The fraction of sp³-hybridized carbons (Fsp3) is 0.810. The number of thioether (sulfide) groups is 2. The molecule has 0 aliphatic heterocycles. The summed E-state index contributed by atoms with van der Waals surface area (Å²) in [6.07, 6.45) is -6.88. The summed E-state index contributed by atoms with van der Waals surface area (Å²) in [5, 5.41) is 54.8. The molecule has 0 unspecified atom stereocenters. The molecule has 0 fully saturated rings. The van der Waals surface area contributed by atoms with Gasteiger partial charge < -0.3 is 51.4 Å². The van der Waals surface area contributed by atoms with E-state index < -0.39 is 66.6 Å². The molecule has 5 atom stereocenters. The Morgan fingerprint density at radius 3 is 1.92 bits per heavy atom. The number of rotatable bonds is 22. The Morgan fingerprint density at radius 1 is 0.946 bits per heavy atom. The SMILES string of the molecule is CCOCCSCC(=O)NC[C@H](NC(=O)CSCCOCC)C(=O)[C@](O)(C(=O)O)[C@@H](O)[C@H](O)[C@H](O)CN. The molecule has 0 rings (SSSR count). The first-order chi connectivity index (χ1) is 17.5. The van der Waals surface area contributed by atoms with Gasteiger partial charge in [0.25, 0.3) is 5.60 Å². The summed E-state index contributed by atoms with van der Waals surface area (Å²) < 4.78 is 10.3. The van der Waals surface area contributed by atoms with Crippen LogP contribution in [0.1, 0.15) is 13.8 Å². The number of aliphatic hydroxyl groups is 4. The molecule has 9 N–H and O–H groups in total. The van der Waals surface area contributed by atoms with Gasteiger partial charge in [0.1, 0.15) is 18.2 Å². The van der Waals surface area contributed by atoms with Crippen LogP contribution in [0.15, 0.2) is 0 Å². The summed E-state index contributed by atoms with van der Waals surface area (Å²) in [6, 6.07) is -1.80. The topological polar surface area (TPSA) is 238 Å². The zero-order valence-corrected chi connectivity index (χ0v) is 22.6. The molecule has 0 aromatic carbocycles. The normalized spacial score (nSPS) is 16.2. The van der Waals surface area contributed by atoms with Gasteiger partial charge in [0.05, 0.1) is 30.8 Å². The molecule has 37 heavy (non-hydrogen) atoms. The van der Waals surface area contributed by atoms with Crippen LogP contribution < -0.4 is 16.4 Å². The molecule has 0 heterocycles. The monoisotopic (exact) mass is 573 g/mol. The Bertz CT molecular complexity index is 719. The molecule has 0 aliphatic rings. The number of aliphatic hydroxyl groups excluding tert-OH is 3. The number of hydrogen-bond acceptors (Lipinski definition) is 13. The van der Waals surface area contributed by atoms with E-state index in [0.29, 0.717) is 37.9 Å². The molecular weight excluding hydrogens is 534 g/mol. The van der Waals surface area contributed by atoms with Gasteiger partial charge in [-0.25, -0.2) is 4.79 Å². The van der Waals surface area contributed by atoms with Crippen LogP contribution in [-0.4, -0.2) is 142 Å². The van der Waals surface area contributed by atoms with E-state index in [4.69, 9.17) is 15.2 Å². The van der Waals surface area contributed by atoms with Crippen LogP contribution in [0.3, 0.4) is 0 Å². The van der Waals surface area contributed by atoms with Crippen molar-refractivity contribution in [2.75, 3.05) is 62.5 Å². The van der Waals surface area contributed by atoms with E-state index in [2.05, 4.69) is 10.6 Å². The standard InChI is InChI=1S/C21H39N3O11S2/c1-3-34-5-7-36-11-15(26)23-10-13(24-16(27)12-37-8-6-35-4-2)18(29)21(33,20(31)32)19(30)17(28)14(25)9-22/h13-14,17,19,25,28,30,33H,3-12,22H2,1-2H3,(H,23,26)(H,24,27)(H,31,32)/t13-,14+,17+,19-,21+/m0/s1. The second-order valence-electron chi connectivity index (χ2n) is 7.60. The first-order valence-corrected chi connectivity index (χ1v) is 13.9. The molecule has 0 aromatic heterocycles. The molecule has 0 aromatic rings. The maximum Gasteiger partial charge on any atom is 0.346 e. The maximum absolute atomic E-state index is 13.1. The Hall–Kier alpha value is -1.50. The van der Waals surface area contributed by atoms with Crippen LogP contribution in [0.2, 0.25) is 0 Å². The summed E-state index contributed by atoms with van der Waals surface area (Å²) >= 11 is 2.40. The quantitative estimate of drug-likeness (QED) is 0.0464. The van der Waals surface area contributed by atoms with Crippen LogP contribution in [-0.2, 0) is 28.7 Å². The number of aliphatic carboxylic acids is 1. The van der Waals surface area contributed by atoms with Gasteiger partial charge >= 0.3 is 5.97 Å². The van der Waals surface area contributed by atoms with Crippen molar-refractivity contribution in [3.8, 4) is 0 Å². The van der Waals surface area contributed by atoms with Gasteiger partial charge in [0, 0.05) is 37.8 Å². The molecule has 0 saturated heterocycles. The van der Waals surface area contributed by atoms with Crippen LogP contribution in [0.5, 0.6) is 0 Å². The van der Waals surface area contributed by atoms with Crippen LogP contribution in [0, 0.1) is 0 Å². The Balaban J connectivity index is 5.55. The van der Waals surface area contributed by atoms with Gasteiger partial charge in [-0.05, 0) is 13.8 Å². The predicted octanol–water partition coefficient (Wildman–Crippen LogP) is -3.45. The van der Waals surface area contributed by atoms with Crippen molar-refractivity contribution in [2.45, 2.75) is 43.8 Å². The minimum atomic E-state index is -3.65. The lowest BCUT2D eigenvalue weighted by molar-refractivity contribution is -0.192. The van der Waals surface area contributed by atoms with E-state index in [-0.39, 0.29) is 11.5 Å². The smallest absolute Gasteiger partial charge is 0.346 e. The molecule has 0 saturated carbocycles. The summed E-state index contributed by atoms with van der Waals surface area (Å²) in [4.78, 5) is 49.6. The third-order valence-corrected chi connectivity index (χ3v) is 6.71. The highest BCUT2D eigenvalue weighted by Crippen LogP contribution is 2.20. The number of ketones is 1. The zero-order valence-electron chi connectivity index (χ0n) is 21.0. The first kappa shape index (κ1) is 35.5. The second-order valence-corrected chi connectivity index (χ2v) is 9.81. The molecule has 216 valence electrons. The highest BCUT2D eigenvalue weighted by Gasteiger charge is 2.56. The minimum absolute atomic E-state index is 0.0254. The maximum atomic E-state index is 13.1. The van der Waals surface area contributed by atoms with E-state index >= 15 is 0 Å². The number of Topliss-reactive ketones (excluding diaryl/α,β-unsaturated/α-hetero) is 1.